The molecule has 2 heterocycles. The van der Waals surface area contributed by atoms with Gasteiger partial charge in [0.05, 0.1) is 0 Å². The topological polar surface area (TPSA) is 15.3 Å². The molecular formula is C16H19BrN2S. The largest absolute Gasteiger partial charge is 0.383 e. The molecule has 0 bridgehead atoms. The van der Waals surface area contributed by atoms with E-state index in [1.165, 1.54) is 27.0 Å². The van der Waals surface area contributed by atoms with Crippen molar-refractivity contribution in [1.29, 1.82) is 0 Å². The lowest BCUT2D eigenvalue weighted by atomic mass is 10.1. The van der Waals surface area contributed by atoms with Crippen LogP contribution in [0.25, 0.3) is 0 Å². The van der Waals surface area contributed by atoms with Crippen molar-refractivity contribution in [2.24, 2.45) is 0 Å². The molecule has 1 N–H and O–H groups in total. The fraction of sp³-hybridized carbons (Fsp3) is 0.375. The zero-order valence-electron chi connectivity index (χ0n) is 11.6. The van der Waals surface area contributed by atoms with Crippen LogP contribution in [0.15, 0.2) is 40.2 Å². The fourth-order valence-corrected chi connectivity index (χ4v) is 4.26. The first-order valence-corrected chi connectivity index (χ1v) is 8.64. The zero-order valence-corrected chi connectivity index (χ0v) is 14.0. The summed E-state index contributed by atoms with van der Waals surface area (Å²) in [7, 11) is 2.23. The van der Waals surface area contributed by atoms with E-state index in [-0.39, 0.29) is 0 Å². The number of aryl methyl sites for hydroxylation is 1. The average molecular weight is 351 g/mol. The van der Waals surface area contributed by atoms with Crippen LogP contribution in [0.2, 0.25) is 0 Å². The number of fused-ring (bicyclic) bond motifs is 1. The van der Waals surface area contributed by atoms with Gasteiger partial charge in [-0.25, -0.2) is 0 Å². The summed E-state index contributed by atoms with van der Waals surface area (Å²) < 4.78 is 1.19. The highest BCUT2D eigenvalue weighted by atomic mass is 79.9. The molecule has 1 atom stereocenters. The third kappa shape index (κ3) is 3.25. The van der Waals surface area contributed by atoms with Crippen molar-refractivity contribution in [1.82, 2.24) is 4.90 Å². The SMILES string of the molecule is CN(Cc1cc(Br)cs1)C1CCc2ccccc2NC1. The van der Waals surface area contributed by atoms with E-state index in [1.807, 2.05) is 11.3 Å². The van der Waals surface area contributed by atoms with Crippen molar-refractivity contribution >= 4 is 33.0 Å². The minimum Gasteiger partial charge on any atom is -0.383 e. The lowest BCUT2D eigenvalue weighted by Gasteiger charge is -2.26. The van der Waals surface area contributed by atoms with E-state index < -0.39 is 0 Å². The van der Waals surface area contributed by atoms with E-state index >= 15 is 0 Å². The first-order chi connectivity index (χ1) is 9.72. The van der Waals surface area contributed by atoms with Gasteiger partial charge in [-0.15, -0.1) is 11.3 Å². The lowest BCUT2D eigenvalue weighted by Crippen LogP contribution is -2.36. The molecule has 0 saturated heterocycles. The normalized spacial score (nSPS) is 18.4. The zero-order chi connectivity index (χ0) is 13.9. The molecule has 0 radical (unpaired) electrons. The molecule has 3 rings (SSSR count). The molecule has 1 aromatic heterocycles. The van der Waals surface area contributed by atoms with Crippen LogP contribution in [-0.4, -0.2) is 24.5 Å². The van der Waals surface area contributed by atoms with Gasteiger partial charge in [-0.3, -0.25) is 4.90 Å². The van der Waals surface area contributed by atoms with E-state index in [2.05, 4.69) is 68.9 Å². The number of likely N-dealkylation sites (N-methyl/N-ethyl adjacent to an activating group) is 1. The van der Waals surface area contributed by atoms with E-state index in [0.717, 1.165) is 19.5 Å². The number of hydrogen-bond acceptors (Lipinski definition) is 3. The maximum Gasteiger partial charge on any atom is 0.0373 e. The third-order valence-electron chi connectivity index (χ3n) is 3.94. The molecule has 2 nitrogen and oxygen atoms in total. The predicted molar refractivity (Wildman–Crippen MR) is 90.5 cm³/mol. The van der Waals surface area contributed by atoms with Gasteiger partial charge in [-0.1, -0.05) is 18.2 Å². The van der Waals surface area contributed by atoms with Gasteiger partial charge in [0.2, 0.25) is 0 Å². The maximum atomic E-state index is 3.60. The quantitative estimate of drug-likeness (QED) is 0.883. The second kappa shape index (κ2) is 6.29. The molecule has 1 aromatic carbocycles. The number of halogens is 1. The number of anilines is 1. The average Bonchev–Trinajstić information content (AvgIpc) is 2.74. The van der Waals surface area contributed by atoms with Crippen LogP contribution in [-0.2, 0) is 13.0 Å². The molecule has 106 valence electrons. The van der Waals surface area contributed by atoms with Crippen molar-refractivity contribution in [3.63, 3.8) is 0 Å². The van der Waals surface area contributed by atoms with Gasteiger partial charge in [0.15, 0.2) is 0 Å². The van der Waals surface area contributed by atoms with Crippen LogP contribution in [0.5, 0.6) is 0 Å². The summed E-state index contributed by atoms with van der Waals surface area (Å²) >= 11 is 5.36. The molecule has 2 aromatic rings. The van der Waals surface area contributed by atoms with Gasteiger partial charge < -0.3 is 5.32 Å². The van der Waals surface area contributed by atoms with Crippen LogP contribution >= 0.6 is 27.3 Å². The summed E-state index contributed by atoms with van der Waals surface area (Å²) in [5.74, 6) is 0. The van der Waals surface area contributed by atoms with Crippen molar-refractivity contribution in [3.8, 4) is 0 Å². The first-order valence-electron chi connectivity index (χ1n) is 6.97. The maximum absolute atomic E-state index is 3.60. The highest BCUT2D eigenvalue weighted by Crippen LogP contribution is 2.25. The van der Waals surface area contributed by atoms with Crippen LogP contribution in [0.3, 0.4) is 0 Å². The number of rotatable bonds is 3. The Bertz CT molecular complexity index is 554. The van der Waals surface area contributed by atoms with Gasteiger partial charge in [0, 0.05) is 39.5 Å². The highest BCUT2D eigenvalue weighted by Gasteiger charge is 2.19. The van der Waals surface area contributed by atoms with Crippen molar-refractivity contribution in [2.45, 2.75) is 25.4 Å². The Balaban J connectivity index is 1.64. The second-order valence-electron chi connectivity index (χ2n) is 5.38. The highest BCUT2D eigenvalue weighted by molar-refractivity contribution is 9.10. The van der Waals surface area contributed by atoms with E-state index in [9.17, 15) is 0 Å². The molecule has 20 heavy (non-hydrogen) atoms. The van der Waals surface area contributed by atoms with Crippen molar-refractivity contribution < 1.29 is 0 Å². The number of nitrogens with zero attached hydrogens (tertiary/aromatic N) is 1. The molecule has 0 saturated carbocycles. The monoisotopic (exact) mass is 350 g/mol. The Kier molecular flexibility index (Phi) is 4.44. The minimum atomic E-state index is 0.586. The van der Waals surface area contributed by atoms with Gasteiger partial charge in [0.1, 0.15) is 0 Å². The summed E-state index contributed by atoms with van der Waals surface area (Å²) in [6, 6.07) is 11.5. The number of thiophene rings is 1. The molecule has 1 unspecified atom stereocenters. The van der Waals surface area contributed by atoms with Gasteiger partial charge in [0.25, 0.3) is 0 Å². The number of benzene rings is 1. The summed E-state index contributed by atoms with van der Waals surface area (Å²) in [5, 5.41) is 5.76. The van der Waals surface area contributed by atoms with Crippen LogP contribution < -0.4 is 5.32 Å². The number of nitrogens with one attached hydrogen (secondary N) is 1. The summed E-state index contributed by atoms with van der Waals surface area (Å²) in [6.45, 7) is 2.05. The number of hydrogen-bond donors (Lipinski definition) is 1. The van der Waals surface area contributed by atoms with Crippen LogP contribution in [0.1, 0.15) is 16.9 Å². The van der Waals surface area contributed by atoms with Crippen molar-refractivity contribution in [3.05, 3.63) is 50.6 Å². The summed E-state index contributed by atoms with van der Waals surface area (Å²) in [4.78, 5) is 3.89. The van der Waals surface area contributed by atoms with Gasteiger partial charge in [-0.2, -0.15) is 0 Å². The predicted octanol–water partition coefficient (Wildman–Crippen LogP) is 4.37. The second-order valence-corrected chi connectivity index (χ2v) is 7.29. The van der Waals surface area contributed by atoms with Crippen molar-refractivity contribution in [2.75, 3.05) is 18.9 Å². The smallest absolute Gasteiger partial charge is 0.0373 e. The molecule has 4 heteroatoms. The first kappa shape index (κ1) is 14.1. The molecule has 1 aliphatic heterocycles. The van der Waals surface area contributed by atoms with E-state index in [4.69, 9.17) is 0 Å². The van der Waals surface area contributed by atoms with Gasteiger partial charge >= 0.3 is 0 Å². The molecule has 1 aliphatic rings. The Morgan fingerprint density at radius 1 is 1.40 bits per heavy atom. The van der Waals surface area contributed by atoms with E-state index in [1.54, 1.807) is 0 Å². The third-order valence-corrected chi connectivity index (χ3v) is 5.63. The molecular weight excluding hydrogens is 332 g/mol. The standard InChI is InChI=1S/C16H19BrN2S/c1-19(10-15-8-13(17)11-20-15)14-7-6-12-4-2-3-5-16(12)18-9-14/h2-5,8,11,14,18H,6-7,9-10H2,1H3. The summed E-state index contributed by atoms with van der Waals surface area (Å²) in [5.41, 5.74) is 2.75. The Morgan fingerprint density at radius 3 is 3.05 bits per heavy atom. The Morgan fingerprint density at radius 2 is 2.25 bits per heavy atom. The lowest BCUT2D eigenvalue weighted by molar-refractivity contribution is 0.235. The Hall–Kier alpha value is -0.840. The number of para-hydroxylation sites is 1. The summed E-state index contributed by atoms with van der Waals surface area (Å²) in [6.07, 6.45) is 2.37. The molecule has 0 spiro atoms. The molecule has 0 aliphatic carbocycles. The fourth-order valence-electron chi connectivity index (χ4n) is 2.75. The van der Waals surface area contributed by atoms with Gasteiger partial charge in [-0.05, 0) is 53.5 Å². The molecule has 0 amide bonds. The Labute approximate surface area is 132 Å². The van der Waals surface area contributed by atoms with Crippen LogP contribution in [0.4, 0.5) is 5.69 Å². The molecule has 0 fully saturated rings. The van der Waals surface area contributed by atoms with Crippen LogP contribution in [0, 0.1) is 0 Å². The minimum absolute atomic E-state index is 0.586. The van der Waals surface area contributed by atoms with E-state index in [0.29, 0.717) is 6.04 Å².